The Morgan fingerprint density at radius 2 is 2.36 bits per heavy atom. The Labute approximate surface area is 81.4 Å². The van der Waals surface area contributed by atoms with Crippen molar-refractivity contribution in [3.63, 3.8) is 0 Å². The largest absolute Gasteiger partial charge is 0.478 e. The van der Waals surface area contributed by atoms with Gasteiger partial charge < -0.3 is 14.9 Å². The summed E-state index contributed by atoms with van der Waals surface area (Å²) in [5.41, 5.74) is 1.78. The van der Waals surface area contributed by atoms with Gasteiger partial charge in [0, 0.05) is 24.4 Å². The Morgan fingerprint density at radius 3 is 2.86 bits per heavy atom. The maximum Gasteiger partial charge on any atom is 0.329 e. The van der Waals surface area contributed by atoms with Crippen molar-refractivity contribution in [1.82, 2.24) is 10.5 Å². The van der Waals surface area contributed by atoms with Gasteiger partial charge in [0.15, 0.2) is 0 Å². The van der Waals surface area contributed by atoms with Crippen LogP contribution in [0.3, 0.4) is 0 Å². The van der Waals surface area contributed by atoms with E-state index in [1.165, 1.54) is 6.20 Å². The second-order valence-electron chi connectivity index (χ2n) is 2.86. The number of nitrogens with zero attached hydrogens (tertiary/aromatic N) is 1. The molecule has 0 unspecified atom stereocenters. The number of aliphatic carboxylic acids is 1. The third-order valence-corrected chi connectivity index (χ3v) is 1.80. The standard InChI is InChI=1S/C9H12N2O3/c1-6-8(7(2)14-11-6)5-10-4-3-9(12)13/h3-4,10H,5H2,1-2H3,(H,12,13)/b4-3+. The summed E-state index contributed by atoms with van der Waals surface area (Å²) in [6, 6.07) is 0. The average molecular weight is 196 g/mol. The first kappa shape index (κ1) is 10.3. The highest BCUT2D eigenvalue weighted by atomic mass is 16.5. The minimum Gasteiger partial charge on any atom is -0.478 e. The number of carboxylic acids is 1. The van der Waals surface area contributed by atoms with Crippen molar-refractivity contribution in [3.8, 4) is 0 Å². The van der Waals surface area contributed by atoms with E-state index < -0.39 is 5.97 Å². The molecule has 0 fully saturated rings. The van der Waals surface area contributed by atoms with Crippen LogP contribution in [-0.4, -0.2) is 16.2 Å². The van der Waals surface area contributed by atoms with Gasteiger partial charge in [-0.3, -0.25) is 0 Å². The lowest BCUT2D eigenvalue weighted by Crippen LogP contribution is -2.06. The fourth-order valence-electron chi connectivity index (χ4n) is 1.05. The molecule has 1 aromatic rings. The summed E-state index contributed by atoms with van der Waals surface area (Å²) in [6.07, 6.45) is 2.42. The molecule has 5 heteroatoms. The van der Waals surface area contributed by atoms with Gasteiger partial charge in [0.1, 0.15) is 5.76 Å². The summed E-state index contributed by atoms with van der Waals surface area (Å²) in [6.45, 7) is 4.18. The van der Waals surface area contributed by atoms with Crippen molar-refractivity contribution in [2.45, 2.75) is 20.4 Å². The minimum atomic E-state index is -0.976. The van der Waals surface area contributed by atoms with E-state index in [4.69, 9.17) is 9.63 Å². The molecule has 76 valence electrons. The number of hydrogen-bond donors (Lipinski definition) is 2. The summed E-state index contributed by atoms with van der Waals surface area (Å²) in [5, 5.41) is 14.9. The quantitative estimate of drug-likeness (QED) is 0.702. The molecule has 0 aromatic carbocycles. The first-order chi connectivity index (χ1) is 6.61. The molecule has 0 aliphatic carbocycles. The molecule has 1 rings (SSSR count). The predicted molar refractivity (Wildman–Crippen MR) is 49.6 cm³/mol. The van der Waals surface area contributed by atoms with Gasteiger partial charge in [0.25, 0.3) is 0 Å². The van der Waals surface area contributed by atoms with E-state index >= 15 is 0 Å². The van der Waals surface area contributed by atoms with Gasteiger partial charge in [-0.25, -0.2) is 4.79 Å². The summed E-state index contributed by atoms with van der Waals surface area (Å²) < 4.78 is 4.94. The fraction of sp³-hybridized carbons (Fsp3) is 0.333. The zero-order valence-electron chi connectivity index (χ0n) is 8.07. The number of aromatic nitrogens is 1. The first-order valence-corrected chi connectivity index (χ1v) is 4.16. The number of nitrogens with one attached hydrogen (secondary N) is 1. The monoisotopic (exact) mass is 196 g/mol. The molecule has 0 spiro atoms. The van der Waals surface area contributed by atoms with Gasteiger partial charge in [-0.05, 0) is 13.8 Å². The summed E-state index contributed by atoms with van der Waals surface area (Å²) in [5.74, 6) is -0.227. The lowest BCUT2D eigenvalue weighted by molar-refractivity contribution is -0.131. The van der Waals surface area contributed by atoms with Gasteiger partial charge >= 0.3 is 5.97 Å². The zero-order valence-corrected chi connectivity index (χ0v) is 8.07. The van der Waals surface area contributed by atoms with Crippen LogP contribution in [0, 0.1) is 13.8 Å². The SMILES string of the molecule is Cc1noc(C)c1CN/C=C/C(=O)O. The topological polar surface area (TPSA) is 75.4 Å². The molecule has 5 nitrogen and oxygen atoms in total. The highest BCUT2D eigenvalue weighted by molar-refractivity contribution is 5.79. The normalized spacial score (nSPS) is 10.7. The van der Waals surface area contributed by atoms with Gasteiger partial charge in [-0.15, -0.1) is 0 Å². The molecule has 0 aliphatic rings. The van der Waals surface area contributed by atoms with Crippen LogP contribution in [0.15, 0.2) is 16.8 Å². The third-order valence-electron chi connectivity index (χ3n) is 1.80. The molecule has 14 heavy (non-hydrogen) atoms. The smallest absolute Gasteiger partial charge is 0.329 e. The molecule has 0 aliphatic heterocycles. The van der Waals surface area contributed by atoms with Crippen LogP contribution in [0.25, 0.3) is 0 Å². The Bertz CT molecular complexity index is 335. The van der Waals surface area contributed by atoms with Crippen LogP contribution in [0.4, 0.5) is 0 Å². The zero-order chi connectivity index (χ0) is 10.6. The van der Waals surface area contributed by atoms with Crippen LogP contribution in [0.5, 0.6) is 0 Å². The number of hydrogen-bond acceptors (Lipinski definition) is 4. The second-order valence-corrected chi connectivity index (χ2v) is 2.86. The van der Waals surface area contributed by atoms with Gasteiger partial charge in [0.05, 0.1) is 5.69 Å². The number of carbonyl (C=O) groups is 1. The van der Waals surface area contributed by atoms with Gasteiger partial charge in [-0.2, -0.15) is 0 Å². The molecule has 0 saturated carbocycles. The van der Waals surface area contributed by atoms with E-state index in [2.05, 4.69) is 10.5 Å². The Balaban J connectivity index is 2.50. The first-order valence-electron chi connectivity index (χ1n) is 4.16. The third kappa shape index (κ3) is 2.62. The lowest BCUT2D eigenvalue weighted by atomic mass is 10.2. The molecule has 1 aromatic heterocycles. The van der Waals surface area contributed by atoms with Crippen molar-refractivity contribution < 1.29 is 14.4 Å². The van der Waals surface area contributed by atoms with E-state index in [9.17, 15) is 4.79 Å². The molecule has 0 amide bonds. The van der Waals surface area contributed by atoms with Crippen LogP contribution in [0.2, 0.25) is 0 Å². The van der Waals surface area contributed by atoms with E-state index in [-0.39, 0.29) is 0 Å². The van der Waals surface area contributed by atoms with Gasteiger partial charge in [0.2, 0.25) is 0 Å². The summed E-state index contributed by atoms with van der Waals surface area (Å²) in [7, 11) is 0. The Kier molecular flexibility index (Phi) is 3.28. The fourth-order valence-corrected chi connectivity index (χ4v) is 1.05. The Morgan fingerprint density at radius 1 is 1.64 bits per heavy atom. The van der Waals surface area contributed by atoms with Crippen LogP contribution in [-0.2, 0) is 11.3 Å². The van der Waals surface area contributed by atoms with Crippen LogP contribution < -0.4 is 5.32 Å². The van der Waals surface area contributed by atoms with Crippen molar-refractivity contribution in [3.05, 3.63) is 29.3 Å². The van der Waals surface area contributed by atoms with Crippen molar-refractivity contribution >= 4 is 5.97 Å². The molecule has 0 radical (unpaired) electrons. The number of aryl methyl sites for hydroxylation is 2. The summed E-state index contributed by atoms with van der Waals surface area (Å²) >= 11 is 0. The minimum absolute atomic E-state index is 0.519. The van der Waals surface area contributed by atoms with Crippen LogP contribution in [0.1, 0.15) is 17.0 Å². The highest BCUT2D eigenvalue weighted by Gasteiger charge is 2.06. The maximum absolute atomic E-state index is 10.1. The van der Waals surface area contributed by atoms with E-state index in [1.807, 2.05) is 13.8 Å². The number of carboxylic acid groups (broad SMARTS) is 1. The molecule has 1 heterocycles. The Hall–Kier alpha value is -1.78. The molecule has 0 bridgehead atoms. The maximum atomic E-state index is 10.1. The summed E-state index contributed by atoms with van der Waals surface area (Å²) in [4.78, 5) is 10.1. The van der Waals surface area contributed by atoms with Crippen molar-refractivity contribution in [1.29, 1.82) is 0 Å². The predicted octanol–water partition coefficient (Wildman–Crippen LogP) is 0.979. The molecular weight excluding hydrogens is 184 g/mol. The number of rotatable bonds is 4. The molecule has 2 N–H and O–H groups in total. The molecular formula is C9H12N2O3. The second kappa shape index (κ2) is 4.45. The van der Waals surface area contributed by atoms with Crippen molar-refractivity contribution in [2.75, 3.05) is 0 Å². The van der Waals surface area contributed by atoms with Crippen molar-refractivity contribution in [2.24, 2.45) is 0 Å². The lowest BCUT2D eigenvalue weighted by Gasteiger charge is -1.98. The van der Waals surface area contributed by atoms with Crippen LogP contribution >= 0.6 is 0 Å². The molecule has 0 atom stereocenters. The average Bonchev–Trinajstić information content (AvgIpc) is 2.42. The van der Waals surface area contributed by atoms with Gasteiger partial charge in [-0.1, -0.05) is 5.16 Å². The van der Waals surface area contributed by atoms with E-state index in [0.717, 1.165) is 23.1 Å². The van der Waals surface area contributed by atoms with E-state index in [1.54, 1.807) is 0 Å². The van der Waals surface area contributed by atoms with E-state index in [0.29, 0.717) is 6.54 Å². The molecule has 0 saturated heterocycles. The highest BCUT2D eigenvalue weighted by Crippen LogP contribution is 2.11.